The highest BCUT2D eigenvalue weighted by Crippen LogP contribution is 2.06. The monoisotopic (exact) mass is 225 g/mol. The summed E-state index contributed by atoms with van der Waals surface area (Å²) in [6.07, 6.45) is 0.341. The zero-order valence-corrected chi connectivity index (χ0v) is 8.03. The molecule has 0 aromatic rings. The van der Waals surface area contributed by atoms with Crippen molar-refractivity contribution in [2.75, 3.05) is 6.54 Å². The minimum atomic E-state index is -4.57. The molecule has 0 fully saturated rings. The van der Waals surface area contributed by atoms with E-state index in [1.807, 2.05) is 0 Å². The zero-order chi connectivity index (χ0) is 11.2. The maximum atomic E-state index is 10.5. The van der Waals surface area contributed by atoms with E-state index < -0.39 is 21.3 Å². The summed E-state index contributed by atoms with van der Waals surface area (Å²) in [5.41, 5.74) is 0. The number of aliphatic carboxylic acids is 1. The fourth-order valence-corrected chi connectivity index (χ4v) is 1.57. The third-order valence-electron chi connectivity index (χ3n) is 1.51. The first kappa shape index (κ1) is 12.8. The van der Waals surface area contributed by atoms with E-state index in [0.29, 0.717) is 6.41 Å². The van der Waals surface area contributed by atoms with Gasteiger partial charge in [-0.1, -0.05) is 0 Å². The number of carbonyl (C=O) groups is 2. The van der Waals surface area contributed by atoms with Crippen molar-refractivity contribution in [1.29, 1.82) is 0 Å². The molecule has 1 amide bonds. The van der Waals surface area contributed by atoms with E-state index in [-0.39, 0.29) is 19.4 Å². The highest BCUT2D eigenvalue weighted by molar-refractivity contribution is 7.87. The lowest BCUT2D eigenvalue weighted by Crippen LogP contribution is -2.30. The van der Waals surface area contributed by atoms with Gasteiger partial charge in [0.05, 0.1) is 0 Å². The average molecular weight is 225 g/mol. The quantitative estimate of drug-likeness (QED) is 0.286. The van der Waals surface area contributed by atoms with Gasteiger partial charge in [0.2, 0.25) is 6.41 Å². The number of carbonyl (C=O) groups excluding carboxylic acids is 1. The molecule has 82 valence electrons. The lowest BCUT2D eigenvalue weighted by atomic mass is 10.2. The molecular weight excluding hydrogens is 214 g/mol. The van der Waals surface area contributed by atoms with E-state index >= 15 is 0 Å². The molecule has 1 unspecified atom stereocenters. The van der Waals surface area contributed by atoms with Gasteiger partial charge in [0.15, 0.2) is 5.25 Å². The van der Waals surface area contributed by atoms with Crippen LogP contribution in [-0.2, 0) is 19.7 Å². The molecule has 0 bridgehead atoms. The Morgan fingerprint density at radius 3 is 2.43 bits per heavy atom. The Morgan fingerprint density at radius 1 is 1.50 bits per heavy atom. The predicted molar refractivity (Wildman–Crippen MR) is 46.3 cm³/mol. The van der Waals surface area contributed by atoms with Gasteiger partial charge in [-0.3, -0.25) is 14.1 Å². The molecule has 0 saturated heterocycles. The number of hydrogen-bond acceptors (Lipinski definition) is 4. The summed E-state index contributed by atoms with van der Waals surface area (Å²) in [7, 11) is -4.57. The standard InChI is InChI=1S/C6H11NO6S/c8-4-7-3-1-2-5(6(9)10)14(11,12)13/h4-5H,1-3H2,(H,7,8)(H,9,10)(H,11,12,13). The Labute approximate surface area is 80.9 Å². The molecule has 0 aliphatic rings. The van der Waals surface area contributed by atoms with Gasteiger partial charge < -0.3 is 10.4 Å². The number of carboxylic acid groups (broad SMARTS) is 1. The topological polar surface area (TPSA) is 121 Å². The van der Waals surface area contributed by atoms with Crippen LogP contribution in [-0.4, -0.2) is 42.3 Å². The molecule has 0 heterocycles. The van der Waals surface area contributed by atoms with E-state index in [9.17, 15) is 18.0 Å². The second kappa shape index (κ2) is 5.55. The number of rotatable bonds is 7. The normalized spacial score (nSPS) is 13.2. The largest absolute Gasteiger partial charge is 0.480 e. The number of amides is 1. The van der Waals surface area contributed by atoms with Crippen molar-refractivity contribution in [3.05, 3.63) is 0 Å². The second-order valence-corrected chi connectivity index (χ2v) is 4.16. The molecule has 0 saturated carbocycles. The molecule has 0 radical (unpaired) electrons. The zero-order valence-electron chi connectivity index (χ0n) is 7.21. The minimum absolute atomic E-state index is 0.162. The van der Waals surface area contributed by atoms with Crippen LogP contribution in [0.2, 0.25) is 0 Å². The maximum absolute atomic E-state index is 10.5. The van der Waals surface area contributed by atoms with Crippen molar-refractivity contribution in [1.82, 2.24) is 5.32 Å². The fraction of sp³-hybridized carbons (Fsp3) is 0.667. The van der Waals surface area contributed by atoms with Gasteiger partial charge in [-0.05, 0) is 12.8 Å². The number of hydrogen-bond donors (Lipinski definition) is 3. The third kappa shape index (κ3) is 4.77. The fourth-order valence-electron chi connectivity index (χ4n) is 0.848. The highest BCUT2D eigenvalue weighted by Gasteiger charge is 2.29. The first-order valence-corrected chi connectivity index (χ1v) is 5.26. The Kier molecular flexibility index (Phi) is 5.10. The lowest BCUT2D eigenvalue weighted by molar-refractivity contribution is -0.136. The van der Waals surface area contributed by atoms with E-state index in [0.717, 1.165) is 0 Å². The molecule has 14 heavy (non-hydrogen) atoms. The first-order valence-electron chi connectivity index (χ1n) is 3.75. The summed E-state index contributed by atoms with van der Waals surface area (Å²) in [5, 5.41) is 8.86. The van der Waals surface area contributed by atoms with Gasteiger partial charge in [-0.2, -0.15) is 8.42 Å². The van der Waals surface area contributed by atoms with E-state index in [1.165, 1.54) is 0 Å². The van der Waals surface area contributed by atoms with Gasteiger partial charge >= 0.3 is 5.97 Å². The lowest BCUT2D eigenvalue weighted by Gasteiger charge is -2.07. The van der Waals surface area contributed by atoms with Crippen LogP contribution in [0.15, 0.2) is 0 Å². The molecule has 0 aliphatic heterocycles. The van der Waals surface area contributed by atoms with E-state index in [1.54, 1.807) is 0 Å². The summed E-state index contributed by atoms with van der Waals surface area (Å²) in [4.78, 5) is 20.2. The Morgan fingerprint density at radius 2 is 2.07 bits per heavy atom. The van der Waals surface area contributed by atoms with Crippen LogP contribution in [0.3, 0.4) is 0 Å². The van der Waals surface area contributed by atoms with Crippen LogP contribution < -0.4 is 5.32 Å². The molecule has 0 aliphatic carbocycles. The molecule has 0 aromatic carbocycles. The third-order valence-corrected chi connectivity index (χ3v) is 2.66. The van der Waals surface area contributed by atoms with Gasteiger partial charge in [0, 0.05) is 6.54 Å². The summed E-state index contributed by atoms with van der Waals surface area (Å²) < 4.78 is 29.5. The van der Waals surface area contributed by atoms with Crippen molar-refractivity contribution >= 4 is 22.5 Å². The van der Waals surface area contributed by atoms with Crippen LogP contribution in [0, 0.1) is 0 Å². The van der Waals surface area contributed by atoms with Gasteiger partial charge in [-0.25, -0.2) is 0 Å². The molecule has 7 nitrogen and oxygen atoms in total. The van der Waals surface area contributed by atoms with Gasteiger partial charge in [-0.15, -0.1) is 0 Å². The summed E-state index contributed by atoms with van der Waals surface area (Å²) >= 11 is 0. The van der Waals surface area contributed by atoms with E-state index in [4.69, 9.17) is 9.66 Å². The molecule has 3 N–H and O–H groups in total. The van der Waals surface area contributed by atoms with Crippen LogP contribution in [0.5, 0.6) is 0 Å². The maximum Gasteiger partial charge on any atom is 0.324 e. The second-order valence-electron chi connectivity index (χ2n) is 2.56. The van der Waals surface area contributed by atoms with Crippen molar-refractivity contribution in [3.63, 3.8) is 0 Å². The van der Waals surface area contributed by atoms with Crippen molar-refractivity contribution in [2.45, 2.75) is 18.1 Å². The SMILES string of the molecule is O=CNCCCC(C(=O)O)S(=O)(=O)O. The predicted octanol–water partition coefficient (Wildman–Crippen LogP) is -1.15. The van der Waals surface area contributed by atoms with Crippen LogP contribution in [0.1, 0.15) is 12.8 Å². The summed E-state index contributed by atoms with van der Waals surface area (Å²) in [6, 6.07) is 0. The number of nitrogens with one attached hydrogen (secondary N) is 1. The van der Waals surface area contributed by atoms with Gasteiger partial charge in [0.25, 0.3) is 10.1 Å². The van der Waals surface area contributed by atoms with E-state index in [2.05, 4.69) is 5.32 Å². The highest BCUT2D eigenvalue weighted by atomic mass is 32.2. The molecule has 0 aromatic heterocycles. The van der Waals surface area contributed by atoms with Crippen molar-refractivity contribution in [3.8, 4) is 0 Å². The Bertz CT molecular complexity index is 297. The average Bonchev–Trinajstić information content (AvgIpc) is 2.01. The van der Waals surface area contributed by atoms with Crippen molar-refractivity contribution in [2.24, 2.45) is 0 Å². The molecule has 1 atom stereocenters. The Balaban J connectivity index is 4.14. The molecule has 8 heteroatoms. The van der Waals surface area contributed by atoms with Gasteiger partial charge in [0.1, 0.15) is 0 Å². The smallest absolute Gasteiger partial charge is 0.324 e. The first-order chi connectivity index (χ1) is 6.39. The summed E-state index contributed by atoms with van der Waals surface area (Å²) in [6.45, 7) is 0.169. The van der Waals surface area contributed by atoms with Crippen molar-refractivity contribution < 1.29 is 27.7 Å². The van der Waals surface area contributed by atoms with Crippen LogP contribution >= 0.6 is 0 Å². The van der Waals surface area contributed by atoms with Crippen LogP contribution in [0.25, 0.3) is 0 Å². The molecule has 0 rings (SSSR count). The molecular formula is C6H11NO6S. The molecule has 0 spiro atoms. The minimum Gasteiger partial charge on any atom is -0.480 e. The summed E-state index contributed by atoms with van der Waals surface area (Å²) in [5.74, 6) is -1.60. The Hall–Kier alpha value is -1.15. The van der Waals surface area contributed by atoms with Crippen LogP contribution in [0.4, 0.5) is 0 Å². The number of carboxylic acids is 1.